The van der Waals surface area contributed by atoms with Crippen LogP contribution in [-0.2, 0) is 4.79 Å². The van der Waals surface area contributed by atoms with E-state index in [1.807, 2.05) is 24.3 Å². The molecule has 1 atom stereocenters. The van der Waals surface area contributed by atoms with Crippen LogP contribution < -0.4 is 9.64 Å². The summed E-state index contributed by atoms with van der Waals surface area (Å²) in [5, 5.41) is 18.3. The predicted molar refractivity (Wildman–Crippen MR) is 79.9 cm³/mol. The SMILES string of the molecule is COc1ccccc1N1CCN(CC(O)CC(=O)O)CC1. The van der Waals surface area contributed by atoms with Gasteiger partial charge in [-0.2, -0.15) is 0 Å². The first kappa shape index (κ1) is 15.6. The maximum atomic E-state index is 10.6. The van der Waals surface area contributed by atoms with Crippen LogP contribution in [0.1, 0.15) is 6.42 Å². The topological polar surface area (TPSA) is 73.2 Å². The lowest BCUT2D eigenvalue weighted by atomic mass is 10.2. The Morgan fingerprint density at radius 2 is 1.95 bits per heavy atom. The molecule has 6 nitrogen and oxygen atoms in total. The molecule has 6 heteroatoms. The highest BCUT2D eigenvalue weighted by molar-refractivity contribution is 5.67. The standard InChI is InChI=1S/C15H22N2O4/c1-21-14-5-3-2-4-13(14)17-8-6-16(7-9-17)11-12(18)10-15(19)20/h2-5,12,18H,6-11H2,1H3,(H,19,20). The van der Waals surface area contributed by atoms with E-state index < -0.39 is 12.1 Å². The molecule has 1 aliphatic heterocycles. The number of β-amino-alcohol motifs (C(OH)–C–C–N with tert-alkyl or cyclic N) is 1. The number of carboxylic acid groups (broad SMARTS) is 1. The summed E-state index contributed by atoms with van der Waals surface area (Å²) in [5.41, 5.74) is 1.07. The second-order valence-corrected chi connectivity index (χ2v) is 5.21. The molecule has 1 aliphatic rings. The van der Waals surface area contributed by atoms with Gasteiger partial charge in [-0.1, -0.05) is 12.1 Å². The maximum Gasteiger partial charge on any atom is 0.306 e. The van der Waals surface area contributed by atoms with Crippen molar-refractivity contribution >= 4 is 11.7 Å². The number of carboxylic acids is 1. The van der Waals surface area contributed by atoms with Gasteiger partial charge < -0.3 is 19.8 Å². The van der Waals surface area contributed by atoms with E-state index in [9.17, 15) is 9.90 Å². The van der Waals surface area contributed by atoms with Crippen molar-refractivity contribution in [2.45, 2.75) is 12.5 Å². The van der Waals surface area contributed by atoms with E-state index >= 15 is 0 Å². The molecule has 0 amide bonds. The van der Waals surface area contributed by atoms with Gasteiger partial charge >= 0.3 is 5.97 Å². The molecule has 1 aromatic carbocycles. The second kappa shape index (κ2) is 7.28. The first-order valence-corrected chi connectivity index (χ1v) is 7.10. The van der Waals surface area contributed by atoms with Crippen molar-refractivity contribution in [3.05, 3.63) is 24.3 Å². The molecular formula is C15H22N2O4. The minimum atomic E-state index is -0.963. The third kappa shape index (κ3) is 4.34. The summed E-state index contributed by atoms with van der Waals surface area (Å²) in [4.78, 5) is 14.9. The molecule has 0 saturated carbocycles. The molecule has 21 heavy (non-hydrogen) atoms. The van der Waals surface area contributed by atoms with Gasteiger partial charge in [-0.3, -0.25) is 9.69 Å². The van der Waals surface area contributed by atoms with Crippen LogP contribution in [0.15, 0.2) is 24.3 Å². The Labute approximate surface area is 124 Å². The molecule has 1 saturated heterocycles. The molecule has 1 aromatic rings. The van der Waals surface area contributed by atoms with Crippen LogP contribution in [0.25, 0.3) is 0 Å². The lowest BCUT2D eigenvalue weighted by Gasteiger charge is -2.37. The first-order valence-electron chi connectivity index (χ1n) is 7.10. The molecule has 0 aliphatic carbocycles. The Kier molecular flexibility index (Phi) is 5.41. The highest BCUT2D eigenvalue weighted by Gasteiger charge is 2.21. The van der Waals surface area contributed by atoms with E-state index in [1.165, 1.54) is 0 Å². The summed E-state index contributed by atoms with van der Waals surface area (Å²) in [6.07, 6.45) is -1.01. The lowest BCUT2D eigenvalue weighted by molar-refractivity contribution is -0.139. The zero-order chi connectivity index (χ0) is 15.2. The molecule has 2 rings (SSSR count). The number of aliphatic carboxylic acids is 1. The Morgan fingerprint density at radius 3 is 2.57 bits per heavy atom. The van der Waals surface area contributed by atoms with Crippen molar-refractivity contribution in [2.24, 2.45) is 0 Å². The number of piperazine rings is 1. The summed E-state index contributed by atoms with van der Waals surface area (Å²) < 4.78 is 5.37. The number of hydrogen-bond donors (Lipinski definition) is 2. The van der Waals surface area contributed by atoms with Crippen LogP contribution in [-0.4, -0.2) is 67.0 Å². The van der Waals surface area contributed by atoms with Crippen LogP contribution in [0.3, 0.4) is 0 Å². The summed E-state index contributed by atoms with van der Waals surface area (Å²) in [5.74, 6) is -0.105. The Hall–Kier alpha value is -1.79. The molecule has 1 unspecified atom stereocenters. The molecule has 2 N–H and O–H groups in total. The zero-order valence-corrected chi connectivity index (χ0v) is 12.2. The number of benzene rings is 1. The van der Waals surface area contributed by atoms with Gasteiger partial charge in [-0.05, 0) is 12.1 Å². The van der Waals surface area contributed by atoms with E-state index in [-0.39, 0.29) is 6.42 Å². The molecule has 116 valence electrons. The third-order valence-electron chi connectivity index (χ3n) is 3.68. The molecule has 1 heterocycles. The van der Waals surface area contributed by atoms with Gasteiger partial charge in [0.15, 0.2) is 0 Å². The highest BCUT2D eigenvalue weighted by atomic mass is 16.5. The average molecular weight is 294 g/mol. The number of methoxy groups -OCH3 is 1. The Balaban J connectivity index is 1.87. The van der Waals surface area contributed by atoms with Crippen LogP contribution >= 0.6 is 0 Å². The van der Waals surface area contributed by atoms with Gasteiger partial charge in [0.05, 0.1) is 25.3 Å². The number of para-hydroxylation sites is 2. The smallest absolute Gasteiger partial charge is 0.306 e. The third-order valence-corrected chi connectivity index (χ3v) is 3.68. The lowest BCUT2D eigenvalue weighted by Crippen LogP contribution is -2.48. The van der Waals surface area contributed by atoms with Crippen LogP contribution in [0.2, 0.25) is 0 Å². The Bertz CT molecular complexity index is 472. The van der Waals surface area contributed by atoms with E-state index in [0.29, 0.717) is 6.54 Å². The van der Waals surface area contributed by atoms with Crippen LogP contribution in [0.5, 0.6) is 5.75 Å². The van der Waals surface area contributed by atoms with Gasteiger partial charge in [0.25, 0.3) is 0 Å². The average Bonchev–Trinajstić information content (AvgIpc) is 2.47. The van der Waals surface area contributed by atoms with Crippen molar-refractivity contribution in [3.8, 4) is 5.75 Å². The van der Waals surface area contributed by atoms with Gasteiger partial charge in [-0.25, -0.2) is 0 Å². The monoisotopic (exact) mass is 294 g/mol. The minimum Gasteiger partial charge on any atom is -0.495 e. The highest BCUT2D eigenvalue weighted by Crippen LogP contribution is 2.28. The largest absolute Gasteiger partial charge is 0.495 e. The van der Waals surface area contributed by atoms with Crippen molar-refractivity contribution in [3.63, 3.8) is 0 Å². The van der Waals surface area contributed by atoms with E-state index in [4.69, 9.17) is 9.84 Å². The molecular weight excluding hydrogens is 272 g/mol. The quantitative estimate of drug-likeness (QED) is 0.803. The fraction of sp³-hybridized carbons (Fsp3) is 0.533. The predicted octanol–water partition coefficient (Wildman–Crippen LogP) is 0.653. The number of hydrogen-bond acceptors (Lipinski definition) is 5. The van der Waals surface area contributed by atoms with Crippen molar-refractivity contribution < 1.29 is 19.7 Å². The number of nitrogens with zero attached hydrogens (tertiary/aromatic N) is 2. The van der Waals surface area contributed by atoms with E-state index in [2.05, 4.69) is 9.80 Å². The van der Waals surface area contributed by atoms with Crippen LogP contribution in [0, 0.1) is 0 Å². The van der Waals surface area contributed by atoms with E-state index in [1.54, 1.807) is 7.11 Å². The summed E-state index contributed by atoms with van der Waals surface area (Å²) in [6, 6.07) is 7.91. The molecule has 0 aromatic heterocycles. The minimum absolute atomic E-state index is 0.202. The molecule has 0 bridgehead atoms. The molecule has 0 radical (unpaired) electrons. The summed E-state index contributed by atoms with van der Waals surface area (Å²) >= 11 is 0. The number of aliphatic hydroxyl groups is 1. The maximum absolute atomic E-state index is 10.6. The van der Waals surface area contributed by atoms with Gasteiger partial charge in [0.2, 0.25) is 0 Å². The van der Waals surface area contributed by atoms with Gasteiger partial charge in [-0.15, -0.1) is 0 Å². The van der Waals surface area contributed by atoms with Gasteiger partial charge in [0.1, 0.15) is 5.75 Å². The second-order valence-electron chi connectivity index (χ2n) is 5.21. The normalized spacial score (nSPS) is 17.5. The van der Waals surface area contributed by atoms with E-state index in [0.717, 1.165) is 37.6 Å². The molecule has 0 spiro atoms. The number of carbonyl (C=O) groups is 1. The number of ether oxygens (including phenoxy) is 1. The number of rotatable bonds is 6. The first-order chi connectivity index (χ1) is 10.1. The van der Waals surface area contributed by atoms with Crippen molar-refractivity contribution in [1.82, 2.24) is 4.90 Å². The fourth-order valence-electron chi connectivity index (χ4n) is 2.63. The summed E-state index contributed by atoms with van der Waals surface area (Å²) in [7, 11) is 1.66. The Morgan fingerprint density at radius 1 is 1.29 bits per heavy atom. The zero-order valence-electron chi connectivity index (χ0n) is 12.2. The van der Waals surface area contributed by atoms with Crippen LogP contribution in [0.4, 0.5) is 5.69 Å². The molecule has 1 fully saturated rings. The number of aliphatic hydroxyl groups excluding tert-OH is 1. The summed E-state index contributed by atoms with van der Waals surface area (Å²) in [6.45, 7) is 3.68. The number of anilines is 1. The van der Waals surface area contributed by atoms with Crippen molar-refractivity contribution in [2.75, 3.05) is 44.7 Å². The fourth-order valence-corrected chi connectivity index (χ4v) is 2.63. The van der Waals surface area contributed by atoms with Crippen molar-refractivity contribution in [1.29, 1.82) is 0 Å². The van der Waals surface area contributed by atoms with Gasteiger partial charge in [0, 0.05) is 32.7 Å².